The van der Waals surface area contributed by atoms with Crippen LogP contribution in [0.2, 0.25) is 0 Å². The molecule has 3 nitrogen and oxygen atoms in total. The highest BCUT2D eigenvalue weighted by Gasteiger charge is 1.91. The molecule has 0 aliphatic heterocycles. The van der Waals surface area contributed by atoms with Crippen molar-refractivity contribution >= 4 is 11.1 Å². The maximum atomic E-state index is 10.0. The Morgan fingerprint density at radius 3 is 3.00 bits per heavy atom. The summed E-state index contributed by atoms with van der Waals surface area (Å²) < 4.78 is 24.8. The first-order valence-electron chi connectivity index (χ1n) is 2.37. The van der Waals surface area contributed by atoms with Crippen molar-refractivity contribution in [3.8, 4) is 0 Å². The van der Waals surface area contributed by atoms with E-state index in [0.717, 1.165) is 0 Å². The molecule has 50 valence electrons. The first kappa shape index (κ1) is 6.51. The molecule has 0 fully saturated rings. The third-order valence-electron chi connectivity index (χ3n) is 0.840. The van der Waals surface area contributed by atoms with Crippen LogP contribution in [-0.4, -0.2) is 8.76 Å². The average molecular weight is 145 g/mol. The molecular formula is C5H5O3S-. The molecule has 9 heavy (non-hydrogen) atoms. The summed E-state index contributed by atoms with van der Waals surface area (Å²) in [5.41, 5.74) is 0. The van der Waals surface area contributed by atoms with E-state index in [9.17, 15) is 8.76 Å². The summed E-state index contributed by atoms with van der Waals surface area (Å²) >= 11 is -2.04. The second-order valence-corrected chi connectivity index (χ2v) is 2.42. The minimum Gasteiger partial charge on any atom is -0.772 e. The summed E-state index contributed by atoms with van der Waals surface area (Å²) in [7, 11) is 0. The molecule has 1 atom stereocenters. The lowest BCUT2D eigenvalue weighted by molar-refractivity contribution is 0.504. The normalized spacial score (nSPS) is 13.4. The summed E-state index contributed by atoms with van der Waals surface area (Å²) in [5, 5.41) is 0. The topological polar surface area (TPSA) is 53.3 Å². The zero-order chi connectivity index (χ0) is 6.69. The Bertz CT molecular complexity index is 192. The quantitative estimate of drug-likeness (QED) is 0.574. The van der Waals surface area contributed by atoms with Gasteiger partial charge in [0.1, 0.15) is 5.76 Å². The highest BCUT2D eigenvalue weighted by molar-refractivity contribution is 7.78. The summed E-state index contributed by atoms with van der Waals surface area (Å²) in [5.74, 6) is 0.441. The van der Waals surface area contributed by atoms with Gasteiger partial charge in [0.15, 0.2) is 0 Å². The Hall–Kier alpha value is -0.610. The van der Waals surface area contributed by atoms with Crippen molar-refractivity contribution in [3.63, 3.8) is 0 Å². The van der Waals surface area contributed by atoms with Crippen molar-refractivity contribution in [3.05, 3.63) is 24.2 Å². The molecule has 0 spiro atoms. The molecule has 1 rings (SSSR count). The number of hydrogen-bond donors (Lipinski definition) is 0. The number of furan rings is 1. The monoisotopic (exact) mass is 145 g/mol. The second-order valence-electron chi connectivity index (χ2n) is 1.53. The summed E-state index contributed by atoms with van der Waals surface area (Å²) in [6.45, 7) is 0. The fraction of sp³-hybridized carbons (Fsp3) is 0.200. The van der Waals surface area contributed by atoms with E-state index in [1.807, 2.05) is 0 Å². The van der Waals surface area contributed by atoms with Crippen LogP contribution in [-0.2, 0) is 16.8 Å². The molecule has 1 heterocycles. The zero-order valence-corrected chi connectivity index (χ0v) is 5.39. The largest absolute Gasteiger partial charge is 0.772 e. The van der Waals surface area contributed by atoms with Crippen LogP contribution in [0.15, 0.2) is 22.8 Å². The van der Waals surface area contributed by atoms with E-state index >= 15 is 0 Å². The first-order chi connectivity index (χ1) is 4.29. The van der Waals surface area contributed by atoms with Crippen LogP contribution < -0.4 is 0 Å². The van der Waals surface area contributed by atoms with Crippen LogP contribution in [0, 0.1) is 0 Å². The minimum absolute atomic E-state index is 0.0347. The fourth-order valence-electron chi connectivity index (χ4n) is 0.511. The lowest BCUT2D eigenvalue weighted by Gasteiger charge is -1.98. The Morgan fingerprint density at radius 2 is 2.56 bits per heavy atom. The van der Waals surface area contributed by atoms with Gasteiger partial charge in [0.2, 0.25) is 0 Å². The van der Waals surface area contributed by atoms with Gasteiger partial charge in [0, 0.05) is 0 Å². The van der Waals surface area contributed by atoms with Crippen LogP contribution in [0.3, 0.4) is 0 Å². The Kier molecular flexibility index (Phi) is 2.02. The smallest absolute Gasteiger partial charge is 0.115 e. The van der Waals surface area contributed by atoms with Gasteiger partial charge in [-0.3, -0.25) is 4.21 Å². The molecule has 0 saturated carbocycles. The Morgan fingerprint density at radius 1 is 1.78 bits per heavy atom. The maximum Gasteiger partial charge on any atom is 0.115 e. The van der Waals surface area contributed by atoms with Gasteiger partial charge in [-0.05, 0) is 23.2 Å². The summed E-state index contributed by atoms with van der Waals surface area (Å²) in [6.07, 6.45) is 1.45. The van der Waals surface area contributed by atoms with Crippen LogP contribution in [0.25, 0.3) is 0 Å². The van der Waals surface area contributed by atoms with Gasteiger partial charge in [-0.2, -0.15) is 0 Å². The van der Waals surface area contributed by atoms with Gasteiger partial charge in [0.25, 0.3) is 0 Å². The van der Waals surface area contributed by atoms with E-state index in [-0.39, 0.29) is 5.75 Å². The lowest BCUT2D eigenvalue weighted by Crippen LogP contribution is -1.89. The van der Waals surface area contributed by atoms with Crippen molar-refractivity contribution in [1.82, 2.24) is 0 Å². The molecule has 1 unspecified atom stereocenters. The predicted molar refractivity (Wildman–Crippen MR) is 31.3 cm³/mol. The van der Waals surface area contributed by atoms with Crippen LogP contribution in [0.4, 0.5) is 0 Å². The van der Waals surface area contributed by atoms with Crippen LogP contribution in [0.1, 0.15) is 5.76 Å². The summed E-state index contributed by atoms with van der Waals surface area (Å²) in [6, 6.07) is 3.28. The molecule has 1 aromatic rings. The van der Waals surface area contributed by atoms with E-state index in [1.54, 1.807) is 12.1 Å². The van der Waals surface area contributed by atoms with Crippen molar-refractivity contribution < 1.29 is 13.2 Å². The zero-order valence-electron chi connectivity index (χ0n) is 4.57. The minimum atomic E-state index is -2.04. The van der Waals surface area contributed by atoms with E-state index in [0.29, 0.717) is 5.76 Å². The van der Waals surface area contributed by atoms with Gasteiger partial charge >= 0.3 is 0 Å². The SMILES string of the molecule is O=S([O-])Cc1ccco1. The molecule has 0 aromatic carbocycles. The van der Waals surface area contributed by atoms with Crippen molar-refractivity contribution in [2.75, 3.05) is 0 Å². The molecular weight excluding hydrogens is 140 g/mol. The molecule has 0 radical (unpaired) electrons. The molecule has 0 amide bonds. The average Bonchev–Trinajstić information content (AvgIpc) is 2.15. The Balaban J connectivity index is 2.58. The van der Waals surface area contributed by atoms with Crippen molar-refractivity contribution in [2.24, 2.45) is 0 Å². The summed E-state index contributed by atoms with van der Waals surface area (Å²) in [4.78, 5) is 0. The van der Waals surface area contributed by atoms with Gasteiger partial charge in [-0.25, -0.2) is 0 Å². The van der Waals surface area contributed by atoms with Crippen LogP contribution >= 0.6 is 0 Å². The second kappa shape index (κ2) is 2.80. The predicted octanol–water partition coefficient (Wildman–Crippen LogP) is 0.659. The van der Waals surface area contributed by atoms with Gasteiger partial charge < -0.3 is 8.97 Å². The van der Waals surface area contributed by atoms with Crippen molar-refractivity contribution in [2.45, 2.75) is 5.75 Å². The molecule has 0 N–H and O–H groups in total. The Labute approximate surface area is 55.0 Å². The molecule has 0 bridgehead atoms. The van der Waals surface area contributed by atoms with E-state index in [1.165, 1.54) is 6.26 Å². The molecule has 0 aliphatic carbocycles. The number of hydrogen-bond acceptors (Lipinski definition) is 3. The van der Waals surface area contributed by atoms with Gasteiger partial charge in [0.05, 0.1) is 12.0 Å². The van der Waals surface area contributed by atoms with Gasteiger partial charge in [-0.15, -0.1) is 0 Å². The third kappa shape index (κ3) is 1.99. The van der Waals surface area contributed by atoms with E-state index in [2.05, 4.69) is 0 Å². The highest BCUT2D eigenvalue weighted by atomic mass is 32.2. The highest BCUT2D eigenvalue weighted by Crippen LogP contribution is 2.01. The maximum absolute atomic E-state index is 10.0. The standard InChI is InChI=1S/C5H6O3S/c6-9(7)4-5-2-1-3-8-5/h1-3H,4H2,(H,6,7)/p-1. The molecule has 0 saturated heterocycles. The van der Waals surface area contributed by atoms with E-state index in [4.69, 9.17) is 4.42 Å². The lowest BCUT2D eigenvalue weighted by atomic mass is 10.5. The molecule has 4 heteroatoms. The third-order valence-corrected chi connectivity index (χ3v) is 1.36. The molecule has 0 aliphatic rings. The number of rotatable bonds is 2. The van der Waals surface area contributed by atoms with Gasteiger partial charge in [-0.1, -0.05) is 0 Å². The van der Waals surface area contributed by atoms with Crippen molar-refractivity contribution in [1.29, 1.82) is 0 Å². The fourth-order valence-corrected chi connectivity index (χ4v) is 0.907. The van der Waals surface area contributed by atoms with E-state index < -0.39 is 11.1 Å². The molecule has 1 aromatic heterocycles. The van der Waals surface area contributed by atoms with Crippen LogP contribution in [0.5, 0.6) is 0 Å². The first-order valence-corrected chi connectivity index (χ1v) is 3.61.